The molecule has 3 heterocycles. The van der Waals surface area contributed by atoms with Crippen molar-refractivity contribution in [3.05, 3.63) is 24.7 Å². The molecule has 2 fully saturated rings. The Hall–Kier alpha value is -1.96. The Morgan fingerprint density at radius 2 is 1.89 bits per heavy atom. The molecule has 0 aliphatic carbocycles. The Labute approximate surface area is 160 Å². The van der Waals surface area contributed by atoms with Gasteiger partial charge in [-0.15, -0.1) is 0 Å². The van der Waals surface area contributed by atoms with Gasteiger partial charge in [-0.2, -0.15) is 0 Å². The molecule has 1 aromatic carbocycles. The summed E-state index contributed by atoms with van der Waals surface area (Å²) in [4.78, 5) is 15.9. The van der Waals surface area contributed by atoms with Crippen LogP contribution in [0, 0.1) is 0 Å². The van der Waals surface area contributed by atoms with Crippen LogP contribution in [0.1, 0.15) is 6.42 Å². The maximum Gasteiger partial charge on any atom is 0.123 e. The quantitative estimate of drug-likeness (QED) is 0.713. The minimum Gasteiger partial charge on any atom is -0.493 e. The van der Waals surface area contributed by atoms with Gasteiger partial charge in [0, 0.05) is 69.5 Å². The van der Waals surface area contributed by atoms with Crippen molar-refractivity contribution in [3.8, 4) is 5.75 Å². The van der Waals surface area contributed by atoms with Crippen LogP contribution in [0.2, 0.25) is 0 Å². The highest BCUT2D eigenvalue weighted by atomic mass is 16.5. The molecule has 2 aliphatic heterocycles. The molecule has 2 saturated heterocycles. The average Bonchev–Trinajstić information content (AvgIpc) is 2.72. The van der Waals surface area contributed by atoms with E-state index < -0.39 is 0 Å². The monoisotopic (exact) mass is 371 g/mol. The molecule has 0 atom stereocenters. The number of morpholine rings is 1. The Bertz CT molecular complexity index is 742. The van der Waals surface area contributed by atoms with E-state index in [1.165, 1.54) is 5.69 Å². The van der Waals surface area contributed by atoms with Crippen molar-refractivity contribution >= 4 is 16.6 Å². The van der Waals surface area contributed by atoms with Gasteiger partial charge in [0.1, 0.15) is 12.1 Å². The molecule has 0 unspecified atom stereocenters. The lowest BCUT2D eigenvalue weighted by atomic mass is 10.1. The number of likely N-dealkylation sites (N-methyl/N-ethyl adjacent to an activating group) is 1. The van der Waals surface area contributed by atoms with Gasteiger partial charge >= 0.3 is 0 Å². The number of rotatable bonds is 6. The zero-order chi connectivity index (χ0) is 18.5. The van der Waals surface area contributed by atoms with Crippen LogP contribution in [0.5, 0.6) is 5.75 Å². The molecule has 0 amide bonds. The number of benzene rings is 1. The summed E-state index contributed by atoms with van der Waals surface area (Å²) in [5.41, 5.74) is 2.13. The van der Waals surface area contributed by atoms with Gasteiger partial charge < -0.3 is 19.3 Å². The molecule has 146 valence electrons. The summed E-state index contributed by atoms with van der Waals surface area (Å²) in [5.74, 6) is 0.900. The number of hydrogen-bond donors (Lipinski definition) is 0. The lowest BCUT2D eigenvalue weighted by Gasteiger charge is -2.34. The van der Waals surface area contributed by atoms with E-state index in [1.54, 1.807) is 6.33 Å². The van der Waals surface area contributed by atoms with E-state index in [0.717, 1.165) is 88.7 Å². The van der Waals surface area contributed by atoms with Crippen LogP contribution in [0.15, 0.2) is 24.7 Å². The fraction of sp³-hybridized carbons (Fsp3) is 0.600. The summed E-state index contributed by atoms with van der Waals surface area (Å²) < 4.78 is 11.5. The summed E-state index contributed by atoms with van der Waals surface area (Å²) in [5, 5.41) is 1.10. The average molecular weight is 371 g/mol. The van der Waals surface area contributed by atoms with Crippen molar-refractivity contribution < 1.29 is 9.47 Å². The van der Waals surface area contributed by atoms with E-state index in [1.807, 2.05) is 12.3 Å². The Morgan fingerprint density at radius 1 is 1.07 bits per heavy atom. The molecule has 7 nitrogen and oxygen atoms in total. The molecule has 7 heteroatoms. The predicted molar refractivity (Wildman–Crippen MR) is 107 cm³/mol. The minimum absolute atomic E-state index is 0.718. The van der Waals surface area contributed by atoms with Crippen molar-refractivity contribution in [1.29, 1.82) is 0 Å². The number of piperazine rings is 1. The third kappa shape index (κ3) is 4.66. The summed E-state index contributed by atoms with van der Waals surface area (Å²) in [6.07, 6.45) is 4.54. The van der Waals surface area contributed by atoms with Crippen LogP contribution < -0.4 is 9.64 Å². The second-order valence-electron chi connectivity index (χ2n) is 7.34. The van der Waals surface area contributed by atoms with Gasteiger partial charge in [0.25, 0.3) is 0 Å². The lowest BCUT2D eigenvalue weighted by Crippen LogP contribution is -2.44. The molecule has 0 radical (unpaired) electrons. The zero-order valence-corrected chi connectivity index (χ0v) is 16.1. The Morgan fingerprint density at radius 3 is 2.70 bits per heavy atom. The standard InChI is InChI=1S/C20H29N5O2/c1-23-4-6-25(7-5-23)20-14-17(13-19-18(20)15-21-16-22-19)27-10-2-3-24-8-11-26-12-9-24/h13-16H,2-12H2,1H3. The summed E-state index contributed by atoms with van der Waals surface area (Å²) in [7, 11) is 2.17. The van der Waals surface area contributed by atoms with E-state index in [9.17, 15) is 0 Å². The predicted octanol–water partition coefficient (Wildman–Crippen LogP) is 1.48. The Kier molecular flexibility index (Phi) is 6.01. The topological polar surface area (TPSA) is 54.0 Å². The van der Waals surface area contributed by atoms with E-state index >= 15 is 0 Å². The highest BCUT2D eigenvalue weighted by Crippen LogP contribution is 2.31. The van der Waals surface area contributed by atoms with Gasteiger partial charge in [-0.1, -0.05) is 0 Å². The van der Waals surface area contributed by atoms with Gasteiger partial charge in [-0.3, -0.25) is 4.90 Å². The van der Waals surface area contributed by atoms with Gasteiger partial charge in [0.15, 0.2) is 0 Å². The molecule has 2 aromatic rings. The van der Waals surface area contributed by atoms with Crippen LogP contribution >= 0.6 is 0 Å². The molecule has 4 rings (SSSR count). The van der Waals surface area contributed by atoms with E-state index in [-0.39, 0.29) is 0 Å². The van der Waals surface area contributed by atoms with E-state index in [0.29, 0.717) is 0 Å². The number of nitrogens with zero attached hydrogens (tertiary/aromatic N) is 5. The van der Waals surface area contributed by atoms with Gasteiger partial charge in [0.05, 0.1) is 31.0 Å². The summed E-state index contributed by atoms with van der Waals surface area (Å²) in [6.45, 7) is 9.70. The smallest absolute Gasteiger partial charge is 0.123 e. The molecule has 27 heavy (non-hydrogen) atoms. The van der Waals surface area contributed by atoms with Crippen molar-refractivity contribution in [2.45, 2.75) is 6.42 Å². The van der Waals surface area contributed by atoms with Crippen LogP contribution in [0.3, 0.4) is 0 Å². The van der Waals surface area contributed by atoms with Crippen molar-refractivity contribution in [3.63, 3.8) is 0 Å². The highest BCUT2D eigenvalue weighted by molar-refractivity contribution is 5.92. The SMILES string of the molecule is CN1CCN(c2cc(OCCCN3CCOCC3)cc3ncncc23)CC1. The van der Waals surface area contributed by atoms with Gasteiger partial charge in [0.2, 0.25) is 0 Å². The van der Waals surface area contributed by atoms with Crippen molar-refractivity contribution in [2.75, 3.05) is 77.6 Å². The molecule has 2 aliphatic rings. The largest absolute Gasteiger partial charge is 0.493 e. The minimum atomic E-state index is 0.718. The first-order valence-electron chi connectivity index (χ1n) is 9.90. The molecule has 0 bridgehead atoms. The van der Waals surface area contributed by atoms with Crippen LogP contribution in [-0.4, -0.2) is 92.4 Å². The maximum atomic E-state index is 6.10. The van der Waals surface area contributed by atoms with E-state index in [2.05, 4.69) is 37.8 Å². The molecular weight excluding hydrogens is 342 g/mol. The molecule has 1 aromatic heterocycles. The van der Waals surface area contributed by atoms with Crippen LogP contribution in [0.4, 0.5) is 5.69 Å². The first-order valence-corrected chi connectivity index (χ1v) is 9.90. The lowest BCUT2D eigenvalue weighted by molar-refractivity contribution is 0.0358. The molecule has 0 N–H and O–H groups in total. The fourth-order valence-corrected chi connectivity index (χ4v) is 3.74. The number of ether oxygens (including phenoxy) is 2. The first-order chi connectivity index (χ1) is 13.3. The van der Waals surface area contributed by atoms with Gasteiger partial charge in [-0.25, -0.2) is 9.97 Å². The van der Waals surface area contributed by atoms with Gasteiger partial charge in [-0.05, 0) is 13.5 Å². The highest BCUT2D eigenvalue weighted by Gasteiger charge is 2.18. The molecule has 0 spiro atoms. The second kappa shape index (κ2) is 8.82. The number of fused-ring (bicyclic) bond motifs is 1. The second-order valence-corrected chi connectivity index (χ2v) is 7.34. The molecular formula is C20H29N5O2. The third-order valence-corrected chi connectivity index (χ3v) is 5.41. The Balaban J connectivity index is 1.43. The number of hydrogen-bond acceptors (Lipinski definition) is 7. The fourth-order valence-electron chi connectivity index (χ4n) is 3.74. The maximum absolute atomic E-state index is 6.10. The normalized spacial score (nSPS) is 19.5. The van der Waals surface area contributed by atoms with Crippen molar-refractivity contribution in [1.82, 2.24) is 19.8 Å². The number of anilines is 1. The van der Waals surface area contributed by atoms with Crippen LogP contribution in [0.25, 0.3) is 10.9 Å². The summed E-state index contributed by atoms with van der Waals surface area (Å²) in [6, 6.07) is 4.19. The van der Waals surface area contributed by atoms with E-state index in [4.69, 9.17) is 9.47 Å². The molecule has 0 saturated carbocycles. The third-order valence-electron chi connectivity index (χ3n) is 5.41. The summed E-state index contributed by atoms with van der Waals surface area (Å²) >= 11 is 0. The zero-order valence-electron chi connectivity index (χ0n) is 16.1. The first kappa shape index (κ1) is 18.4. The van der Waals surface area contributed by atoms with Crippen molar-refractivity contribution in [2.24, 2.45) is 0 Å². The van der Waals surface area contributed by atoms with Crippen LogP contribution in [-0.2, 0) is 4.74 Å². The number of aromatic nitrogens is 2.